The van der Waals surface area contributed by atoms with Gasteiger partial charge >= 0.3 is 6.09 Å². The van der Waals surface area contributed by atoms with Gasteiger partial charge in [-0.05, 0) is 46.0 Å². The first-order valence-electron chi connectivity index (χ1n) is 5.81. The lowest BCUT2D eigenvalue weighted by atomic mass is 9.97. The summed E-state index contributed by atoms with van der Waals surface area (Å²) < 4.78 is 4.97. The second-order valence-corrected chi connectivity index (χ2v) is 4.24. The Kier molecular flexibility index (Phi) is 5.22. The maximum absolute atomic E-state index is 11.1. The first-order valence-corrected chi connectivity index (χ1v) is 5.81. The minimum atomic E-state index is -0.304. The molecule has 1 aliphatic rings. The minimum absolute atomic E-state index is 0.0427. The van der Waals surface area contributed by atoms with E-state index in [-0.39, 0.29) is 12.2 Å². The van der Waals surface area contributed by atoms with Crippen molar-refractivity contribution < 1.29 is 9.53 Å². The Hall–Kier alpha value is -0.990. The molecule has 1 N–H and O–H groups in total. The minimum Gasteiger partial charge on any atom is -0.447 e. The number of carbonyl (C=O) groups is 1. The van der Waals surface area contributed by atoms with Crippen LogP contribution >= 0.6 is 0 Å². The zero-order valence-electron chi connectivity index (χ0n) is 9.71. The highest BCUT2D eigenvalue weighted by Crippen LogP contribution is 2.19. The summed E-state index contributed by atoms with van der Waals surface area (Å²) in [6.45, 7) is 4.39. The van der Waals surface area contributed by atoms with Crippen LogP contribution < -0.4 is 5.32 Å². The van der Waals surface area contributed by atoms with Gasteiger partial charge in [-0.1, -0.05) is 11.6 Å². The highest BCUT2D eigenvalue weighted by Gasteiger charge is 2.06. The summed E-state index contributed by atoms with van der Waals surface area (Å²) in [5, 5.41) is 2.76. The number of hydrogen-bond acceptors (Lipinski definition) is 2. The Balaban J connectivity index is 2.10. The molecule has 0 aromatic rings. The Morgan fingerprint density at radius 1 is 1.53 bits per heavy atom. The van der Waals surface area contributed by atoms with E-state index in [1.165, 1.54) is 31.3 Å². The van der Waals surface area contributed by atoms with Crippen LogP contribution in [0, 0.1) is 0 Å². The number of nitrogens with one attached hydrogen (secondary N) is 1. The fourth-order valence-electron chi connectivity index (χ4n) is 1.71. The smallest absolute Gasteiger partial charge is 0.407 e. The average molecular weight is 211 g/mol. The van der Waals surface area contributed by atoms with Crippen molar-refractivity contribution in [1.82, 2.24) is 5.32 Å². The van der Waals surface area contributed by atoms with Crippen LogP contribution in [0.4, 0.5) is 4.79 Å². The number of amides is 1. The van der Waals surface area contributed by atoms with Gasteiger partial charge in [0.2, 0.25) is 0 Å². The predicted octanol–water partition coefficient (Wildman–Crippen LogP) is 3.01. The van der Waals surface area contributed by atoms with E-state index in [2.05, 4.69) is 11.4 Å². The van der Waals surface area contributed by atoms with E-state index < -0.39 is 0 Å². The van der Waals surface area contributed by atoms with Gasteiger partial charge in [-0.15, -0.1) is 0 Å². The van der Waals surface area contributed by atoms with E-state index in [9.17, 15) is 4.79 Å². The molecular weight excluding hydrogens is 190 g/mol. The summed E-state index contributed by atoms with van der Waals surface area (Å²) in [7, 11) is 0. The van der Waals surface area contributed by atoms with Gasteiger partial charge in [0, 0.05) is 6.54 Å². The lowest BCUT2D eigenvalue weighted by Gasteiger charge is -2.13. The standard InChI is InChI=1S/C12H21NO2/c1-10(2)15-12(14)13-9-8-11-6-4-3-5-7-11/h6,10H,3-5,7-9H2,1-2H3,(H,13,14). The fourth-order valence-corrected chi connectivity index (χ4v) is 1.71. The van der Waals surface area contributed by atoms with Crippen LogP contribution in [0.3, 0.4) is 0 Å². The lowest BCUT2D eigenvalue weighted by Crippen LogP contribution is -2.27. The second kappa shape index (κ2) is 6.49. The third-order valence-electron chi connectivity index (χ3n) is 2.44. The van der Waals surface area contributed by atoms with Gasteiger partial charge in [0.1, 0.15) is 0 Å². The molecule has 0 heterocycles. The molecule has 3 heteroatoms. The highest BCUT2D eigenvalue weighted by molar-refractivity contribution is 5.67. The summed E-state index contributed by atoms with van der Waals surface area (Å²) in [5.74, 6) is 0. The Labute approximate surface area is 91.9 Å². The van der Waals surface area contributed by atoms with E-state index in [1.54, 1.807) is 0 Å². The van der Waals surface area contributed by atoms with Crippen LogP contribution in [-0.2, 0) is 4.74 Å². The summed E-state index contributed by atoms with van der Waals surface area (Å²) >= 11 is 0. The molecule has 0 unspecified atom stereocenters. The van der Waals surface area contributed by atoms with Crippen molar-refractivity contribution in [1.29, 1.82) is 0 Å². The fraction of sp³-hybridized carbons (Fsp3) is 0.750. The van der Waals surface area contributed by atoms with Gasteiger partial charge in [0.25, 0.3) is 0 Å². The molecule has 0 aromatic carbocycles. The van der Waals surface area contributed by atoms with Crippen molar-refractivity contribution in [2.75, 3.05) is 6.54 Å². The van der Waals surface area contributed by atoms with E-state index in [4.69, 9.17) is 4.74 Å². The topological polar surface area (TPSA) is 38.3 Å². The zero-order chi connectivity index (χ0) is 11.1. The molecular formula is C12H21NO2. The number of ether oxygens (including phenoxy) is 1. The maximum atomic E-state index is 11.1. The molecule has 0 aromatic heterocycles. The van der Waals surface area contributed by atoms with Crippen LogP contribution in [0.1, 0.15) is 46.0 Å². The van der Waals surface area contributed by atoms with E-state index in [0.29, 0.717) is 6.54 Å². The zero-order valence-corrected chi connectivity index (χ0v) is 9.71. The van der Waals surface area contributed by atoms with Gasteiger partial charge < -0.3 is 10.1 Å². The predicted molar refractivity (Wildman–Crippen MR) is 60.8 cm³/mol. The molecule has 15 heavy (non-hydrogen) atoms. The Morgan fingerprint density at radius 3 is 2.93 bits per heavy atom. The van der Waals surface area contributed by atoms with Gasteiger partial charge in [0.15, 0.2) is 0 Å². The van der Waals surface area contributed by atoms with Crippen LogP contribution in [-0.4, -0.2) is 18.7 Å². The number of allylic oxidation sites excluding steroid dienone is 1. The molecule has 0 aliphatic heterocycles. The normalized spacial score (nSPS) is 16.1. The Morgan fingerprint density at radius 2 is 2.33 bits per heavy atom. The van der Waals surface area contributed by atoms with E-state index in [0.717, 1.165) is 6.42 Å². The number of carbonyl (C=O) groups excluding carboxylic acids is 1. The van der Waals surface area contributed by atoms with Crippen LogP contribution in [0.15, 0.2) is 11.6 Å². The van der Waals surface area contributed by atoms with Gasteiger partial charge in [0.05, 0.1) is 6.10 Å². The SMILES string of the molecule is CC(C)OC(=O)NCCC1=CCCCC1. The summed E-state index contributed by atoms with van der Waals surface area (Å²) in [5.41, 5.74) is 1.48. The van der Waals surface area contributed by atoms with Crippen molar-refractivity contribution in [2.24, 2.45) is 0 Å². The van der Waals surface area contributed by atoms with Crippen LogP contribution in [0.25, 0.3) is 0 Å². The number of rotatable bonds is 4. The average Bonchev–Trinajstić information content (AvgIpc) is 2.18. The van der Waals surface area contributed by atoms with Crippen molar-refractivity contribution in [3.63, 3.8) is 0 Å². The van der Waals surface area contributed by atoms with Gasteiger partial charge in [-0.3, -0.25) is 0 Å². The first kappa shape index (κ1) is 12.1. The molecule has 1 aliphatic carbocycles. The van der Waals surface area contributed by atoms with E-state index in [1.807, 2.05) is 13.8 Å². The third kappa shape index (κ3) is 5.45. The van der Waals surface area contributed by atoms with Crippen LogP contribution in [0.5, 0.6) is 0 Å². The van der Waals surface area contributed by atoms with Crippen molar-refractivity contribution in [2.45, 2.75) is 52.1 Å². The molecule has 86 valence electrons. The van der Waals surface area contributed by atoms with Crippen LogP contribution in [0.2, 0.25) is 0 Å². The summed E-state index contributed by atoms with van der Waals surface area (Å²) in [4.78, 5) is 11.1. The van der Waals surface area contributed by atoms with Gasteiger partial charge in [-0.2, -0.15) is 0 Å². The third-order valence-corrected chi connectivity index (χ3v) is 2.44. The highest BCUT2D eigenvalue weighted by atomic mass is 16.6. The molecule has 0 fully saturated rings. The van der Waals surface area contributed by atoms with Gasteiger partial charge in [-0.25, -0.2) is 4.79 Å². The molecule has 0 radical (unpaired) electrons. The number of hydrogen-bond donors (Lipinski definition) is 1. The maximum Gasteiger partial charge on any atom is 0.407 e. The summed E-state index contributed by atoms with van der Waals surface area (Å²) in [6.07, 6.45) is 7.92. The van der Waals surface area contributed by atoms with Crippen molar-refractivity contribution in [3.05, 3.63) is 11.6 Å². The number of alkyl carbamates (subject to hydrolysis) is 1. The summed E-state index contributed by atoms with van der Waals surface area (Å²) in [6, 6.07) is 0. The van der Waals surface area contributed by atoms with E-state index >= 15 is 0 Å². The Bertz CT molecular complexity index is 234. The molecule has 0 saturated carbocycles. The second-order valence-electron chi connectivity index (χ2n) is 4.24. The van der Waals surface area contributed by atoms with Crippen molar-refractivity contribution in [3.8, 4) is 0 Å². The van der Waals surface area contributed by atoms with Crippen molar-refractivity contribution >= 4 is 6.09 Å². The molecule has 0 saturated heterocycles. The lowest BCUT2D eigenvalue weighted by molar-refractivity contribution is 0.116. The molecule has 0 atom stereocenters. The first-order chi connectivity index (χ1) is 7.18. The molecule has 3 nitrogen and oxygen atoms in total. The molecule has 0 bridgehead atoms. The molecule has 1 rings (SSSR count). The monoisotopic (exact) mass is 211 g/mol. The molecule has 1 amide bonds. The molecule has 0 spiro atoms. The quantitative estimate of drug-likeness (QED) is 0.726. The largest absolute Gasteiger partial charge is 0.447 e.